The molecule has 27 heavy (non-hydrogen) atoms. The molecule has 0 saturated heterocycles. The summed E-state index contributed by atoms with van der Waals surface area (Å²) in [7, 11) is 0. The summed E-state index contributed by atoms with van der Waals surface area (Å²) in [5, 5.41) is 6.33. The average Bonchev–Trinajstić information content (AvgIpc) is 3.40. The topological polar surface area (TPSA) is 42.0 Å². The fourth-order valence-corrected chi connectivity index (χ4v) is 4.71. The van der Waals surface area contributed by atoms with Crippen LogP contribution < -0.4 is 5.32 Å². The highest BCUT2D eigenvalue weighted by molar-refractivity contribution is 7.98. The van der Waals surface area contributed by atoms with Crippen LogP contribution in [0.25, 0.3) is 0 Å². The Hall–Kier alpha value is -2.11. The van der Waals surface area contributed by atoms with Crippen LogP contribution in [0.3, 0.4) is 0 Å². The lowest BCUT2D eigenvalue weighted by molar-refractivity contribution is 0.0949. The van der Waals surface area contributed by atoms with Gasteiger partial charge in [0, 0.05) is 33.6 Å². The largest absolute Gasteiger partial charge is 0.351 e. The standard InChI is InChI=1S/C22H22N2OS2/c1-16-24-19(13-26-16)14-27-20-9-7-17(8-10-20)21(25)23-15-22(11-12-22)18-5-3-2-4-6-18/h2-10,13H,11-12,14-15H2,1H3,(H,23,25). The molecule has 1 aliphatic carbocycles. The maximum absolute atomic E-state index is 12.5. The van der Waals surface area contributed by atoms with Gasteiger partial charge in [-0.05, 0) is 49.6 Å². The van der Waals surface area contributed by atoms with E-state index in [4.69, 9.17) is 0 Å². The first-order chi connectivity index (χ1) is 13.1. The highest BCUT2D eigenvalue weighted by Crippen LogP contribution is 2.47. The summed E-state index contributed by atoms with van der Waals surface area (Å²) in [5.74, 6) is 0.860. The van der Waals surface area contributed by atoms with Crippen molar-refractivity contribution < 1.29 is 4.79 Å². The van der Waals surface area contributed by atoms with Crippen LogP contribution in [0.1, 0.15) is 39.5 Å². The van der Waals surface area contributed by atoms with Crippen LogP contribution in [0, 0.1) is 6.92 Å². The van der Waals surface area contributed by atoms with E-state index in [1.165, 1.54) is 5.56 Å². The van der Waals surface area contributed by atoms with E-state index in [2.05, 4.69) is 39.9 Å². The van der Waals surface area contributed by atoms with Gasteiger partial charge >= 0.3 is 0 Å². The Labute approximate surface area is 168 Å². The Morgan fingerprint density at radius 2 is 1.89 bits per heavy atom. The number of carbonyl (C=O) groups is 1. The Kier molecular flexibility index (Phi) is 5.32. The first-order valence-corrected chi connectivity index (χ1v) is 11.0. The van der Waals surface area contributed by atoms with Crippen LogP contribution in [0.4, 0.5) is 0 Å². The van der Waals surface area contributed by atoms with Crippen LogP contribution in [0.5, 0.6) is 0 Å². The van der Waals surface area contributed by atoms with E-state index in [9.17, 15) is 4.79 Å². The number of hydrogen-bond donors (Lipinski definition) is 1. The molecule has 0 radical (unpaired) electrons. The van der Waals surface area contributed by atoms with E-state index in [-0.39, 0.29) is 11.3 Å². The van der Waals surface area contributed by atoms with Gasteiger partial charge in [-0.2, -0.15) is 0 Å². The van der Waals surface area contributed by atoms with Gasteiger partial charge in [-0.25, -0.2) is 4.98 Å². The smallest absolute Gasteiger partial charge is 0.251 e. The first-order valence-electron chi connectivity index (χ1n) is 9.12. The molecule has 0 unspecified atom stereocenters. The summed E-state index contributed by atoms with van der Waals surface area (Å²) >= 11 is 3.42. The van der Waals surface area contributed by atoms with Crippen LogP contribution in [0.15, 0.2) is 64.9 Å². The summed E-state index contributed by atoms with van der Waals surface area (Å²) in [6.07, 6.45) is 2.28. The number of benzene rings is 2. The highest BCUT2D eigenvalue weighted by Gasteiger charge is 2.44. The molecule has 1 N–H and O–H groups in total. The number of carbonyl (C=O) groups excluding carboxylic acids is 1. The predicted octanol–water partition coefficient (Wildman–Crippen LogP) is 5.21. The number of rotatable bonds is 7. The maximum atomic E-state index is 12.5. The number of nitrogens with zero attached hydrogens (tertiary/aromatic N) is 1. The minimum Gasteiger partial charge on any atom is -0.351 e. The highest BCUT2D eigenvalue weighted by atomic mass is 32.2. The number of hydrogen-bond acceptors (Lipinski definition) is 4. The van der Waals surface area contributed by atoms with Gasteiger partial charge in [0.15, 0.2) is 0 Å². The predicted molar refractivity (Wildman–Crippen MR) is 113 cm³/mol. The average molecular weight is 395 g/mol. The number of thioether (sulfide) groups is 1. The van der Waals surface area contributed by atoms with E-state index in [1.54, 1.807) is 23.1 Å². The van der Waals surface area contributed by atoms with E-state index in [0.717, 1.165) is 34.2 Å². The molecular weight excluding hydrogens is 372 g/mol. The van der Waals surface area contributed by atoms with Crippen LogP contribution in [-0.4, -0.2) is 17.4 Å². The summed E-state index contributed by atoms with van der Waals surface area (Å²) < 4.78 is 0. The monoisotopic (exact) mass is 394 g/mol. The molecule has 1 saturated carbocycles. The van der Waals surface area contributed by atoms with Crippen molar-refractivity contribution in [2.24, 2.45) is 0 Å². The van der Waals surface area contributed by atoms with E-state index in [1.807, 2.05) is 37.3 Å². The number of amides is 1. The molecule has 1 aliphatic rings. The summed E-state index contributed by atoms with van der Waals surface area (Å²) in [6.45, 7) is 2.73. The number of thiazole rings is 1. The zero-order valence-corrected chi connectivity index (χ0v) is 16.9. The molecule has 1 heterocycles. The van der Waals surface area contributed by atoms with Gasteiger partial charge in [-0.1, -0.05) is 30.3 Å². The SMILES string of the molecule is Cc1nc(CSc2ccc(C(=O)NCC3(c4ccccc4)CC3)cc2)cs1. The fourth-order valence-electron chi connectivity index (χ4n) is 3.20. The second-order valence-electron chi connectivity index (χ2n) is 7.00. The van der Waals surface area contributed by atoms with Crippen molar-refractivity contribution in [1.29, 1.82) is 0 Å². The Morgan fingerprint density at radius 3 is 2.52 bits per heavy atom. The van der Waals surface area contributed by atoms with Crippen molar-refractivity contribution in [3.63, 3.8) is 0 Å². The summed E-state index contributed by atoms with van der Waals surface area (Å²) in [4.78, 5) is 18.2. The Morgan fingerprint density at radius 1 is 1.15 bits per heavy atom. The molecule has 1 fully saturated rings. The second-order valence-corrected chi connectivity index (χ2v) is 9.11. The quantitative estimate of drug-likeness (QED) is 0.560. The number of aryl methyl sites for hydroxylation is 1. The molecule has 3 aromatic rings. The van der Waals surface area contributed by atoms with Crippen molar-refractivity contribution >= 4 is 29.0 Å². The van der Waals surface area contributed by atoms with Crippen molar-refractivity contribution in [2.75, 3.05) is 6.54 Å². The third-order valence-electron chi connectivity index (χ3n) is 5.00. The van der Waals surface area contributed by atoms with Crippen LogP contribution >= 0.6 is 23.1 Å². The van der Waals surface area contributed by atoms with Gasteiger partial charge < -0.3 is 5.32 Å². The first kappa shape index (κ1) is 18.3. The van der Waals surface area contributed by atoms with E-state index >= 15 is 0 Å². The number of nitrogens with one attached hydrogen (secondary N) is 1. The zero-order chi connectivity index (χ0) is 18.7. The lowest BCUT2D eigenvalue weighted by atomic mass is 9.96. The van der Waals surface area contributed by atoms with Gasteiger partial charge in [-0.3, -0.25) is 4.79 Å². The molecule has 0 bridgehead atoms. The molecule has 1 amide bonds. The Bertz CT molecular complexity index is 915. The normalized spacial score (nSPS) is 14.7. The van der Waals surface area contributed by atoms with Gasteiger partial charge in [-0.15, -0.1) is 23.1 Å². The minimum atomic E-state index is 0.00359. The molecule has 1 aromatic heterocycles. The van der Waals surface area contributed by atoms with Crippen molar-refractivity contribution in [1.82, 2.24) is 10.3 Å². The molecule has 0 aliphatic heterocycles. The molecule has 138 valence electrons. The third kappa shape index (κ3) is 4.42. The van der Waals surface area contributed by atoms with Gasteiger partial charge in [0.25, 0.3) is 5.91 Å². The van der Waals surface area contributed by atoms with E-state index < -0.39 is 0 Å². The molecular formula is C22H22N2OS2. The lowest BCUT2D eigenvalue weighted by Gasteiger charge is -2.16. The molecule has 4 rings (SSSR count). The van der Waals surface area contributed by atoms with Gasteiger partial charge in [0.1, 0.15) is 0 Å². The third-order valence-corrected chi connectivity index (χ3v) is 6.86. The maximum Gasteiger partial charge on any atom is 0.251 e. The molecule has 0 spiro atoms. The molecule has 5 heteroatoms. The van der Waals surface area contributed by atoms with E-state index in [0.29, 0.717) is 12.1 Å². The minimum absolute atomic E-state index is 0.00359. The van der Waals surface area contributed by atoms with Gasteiger partial charge in [0.05, 0.1) is 10.7 Å². The molecule has 0 atom stereocenters. The zero-order valence-electron chi connectivity index (χ0n) is 15.3. The summed E-state index contributed by atoms with van der Waals surface area (Å²) in [5.41, 5.74) is 3.29. The fraction of sp³-hybridized carbons (Fsp3) is 0.273. The van der Waals surface area contributed by atoms with Gasteiger partial charge in [0.2, 0.25) is 0 Å². The lowest BCUT2D eigenvalue weighted by Crippen LogP contribution is -2.32. The number of aromatic nitrogens is 1. The van der Waals surface area contributed by atoms with Crippen molar-refractivity contribution in [3.8, 4) is 0 Å². The molecule has 2 aromatic carbocycles. The second kappa shape index (κ2) is 7.87. The van der Waals surface area contributed by atoms with Crippen molar-refractivity contribution in [2.45, 2.75) is 35.8 Å². The Balaban J connectivity index is 1.31. The molecule has 3 nitrogen and oxygen atoms in total. The van der Waals surface area contributed by atoms with Crippen LogP contribution in [0.2, 0.25) is 0 Å². The summed E-state index contributed by atoms with van der Waals surface area (Å²) in [6, 6.07) is 18.3. The van der Waals surface area contributed by atoms with Crippen LogP contribution in [-0.2, 0) is 11.2 Å². The van der Waals surface area contributed by atoms with Crippen molar-refractivity contribution in [3.05, 3.63) is 81.8 Å².